The Morgan fingerprint density at radius 1 is 0.889 bits per heavy atom. The van der Waals surface area contributed by atoms with Crippen LogP contribution in [0.5, 0.6) is 0 Å². The van der Waals surface area contributed by atoms with Gasteiger partial charge in [0, 0.05) is 0 Å². The highest BCUT2D eigenvalue weighted by atomic mass is 19.1. The van der Waals surface area contributed by atoms with Gasteiger partial charge in [0.2, 0.25) is 0 Å². The summed E-state index contributed by atoms with van der Waals surface area (Å²) in [7, 11) is 0. The second-order valence-electron chi connectivity index (χ2n) is 7.57. The van der Waals surface area contributed by atoms with Gasteiger partial charge in [0.05, 0.1) is 18.3 Å². The predicted molar refractivity (Wildman–Crippen MR) is 110 cm³/mol. The molecule has 1 nitrogen and oxygen atoms in total. The van der Waals surface area contributed by atoms with Crippen LogP contribution in [0.25, 0.3) is 11.1 Å². The van der Waals surface area contributed by atoms with Crippen LogP contribution in [0.2, 0.25) is 0 Å². The van der Waals surface area contributed by atoms with Gasteiger partial charge < -0.3 is 0 Å². The molecular weight excluding hydrogens is 333 g/mol. The van der Waals surface area contributed by atoms with E-state index >= 15 is 0 Å². The lowest BCUT2D eigenvalue weighted by molar-refractivity contribution is 0.328. The van der Waals surface area contributed by atoms with Gasteiger partial charge in [-0.05, 0) is 85.6 Å². The summed E-state index contributed by atoms with van der Waals surface area (Å²) in [6.45, 7) is -0.209. The van der Waals surface area contributed by atoms with Crippen molar-refractivity contribution in [3.63, 3.8) is 0 Å². The molecule has 0 bridgehead atoms. The molecule has 3 rings (SSSR count). The van der Waals surface area contributed by atoms with Crippen LogP contribution >= 0.6 is 0 Å². The lowest BCUT2D eigenvalue weighted by atomic mass is 9.77. The molecule has 27 heavy (non-hydrogen) atoms. The summed E-state index contributed by atoms with van der Waals surface area (Å²) in [6, 6.07) is 18.9. The molecule has 1 aliphatic carbocycles. The van der Waals surface area contributed by atoms with E-state index < -0.39 is 0 Å². The van der Waals surface area contributed by atoms with Crippen LogP contribution in [0.3, 0.4) is 0 Å². The second kappa shape index (κ2) is 10.1. The fourth-order valence-electron chi connectivity index (χ4n) is 4.02. The Kier molecular flexibility index (Phi) is 7.22. The molecule has 0 N–H and O–H groups in total. The van der Waals surface area contributed by atoms with Gasteiger partial charge in [0.1, 0.15) is 0 Å². The monoisotopic (exact) mass is 361 g/mol. The molecule has 0 unspecified atom stereocenters. The zero-order valence-electron chi connectivity index (χ0n) is 15.9. The highest BCUT2D eigenvalue weighted by molar-refractivity contribution is 5.64. The summed E-state index contributed by atoms with van der Waals surface area (Å²) in [5, 5.41) is 8.91. The summed E-state index contributed by atoms with van der Waals surface area (Å²) >= 11 is 0. The fraction of sp³-hybridized carbons (Fsp3) is 0.400. The van der Waals surface area contributed by atoms with Crippen molar-refractivity contribution in [1.82, 2.24) is 0 Å². The van der Waals surface area contributed by atoms with E-state index in [-0.39, 0.29) is 6.67 Å². The van der Waals surface area contributed by atoms with Crippen molar-refractivity contribution >= 4 is 0 Å². The smallest absolute Gasteiger partial charge is 0.0991 e. The van der Waals surface area contributed by atoms with E-state index in [1.165, 1.54) is 36.8 Å². The Balaban J connectivity index is 1.51. The summed E-state index contributed by atoms with van der Waals surface area (Å²) in [5.41, 5.74) is 4.51. The van der Waals surface area contributed by atoms with Crippen molar-refractivity contribution in [1.29, 1.82) is 5.26 Å². The highest BCUT2D eigenvalue weighted by Crippen LogP contribution is 2.37. The first-order valence-electron chi connectivity index (χ1n) is 10.1. The molecule has 0 atom stereocenters. The molecule has 0 spiro atoms. The van der Waals surface area contributed by atoms with Gasteiger partial charge in [-0.15, -0.1) is 0 Å². The van der Waals surface area contributed by atoms with Gasteiger partial charge in [-0.25, -0.2) is 0 Å². The van der Waals surface area contributed by atoms with Crippen molar-refractivity contribution in [3.8, 4) is 17.2 Å². The number of nitrogens with zero attached hydrogens (tertiary/aromatic N) is 1. The number of allylic oxidation sites excluding steroid dienone is 2. The number of rotatable bonds is 7. The maximum Gasteiger partial charge on any atom is 0.0991 e. The van der Waals surface area contributed by atoms with Crippen molar-refractivity contribution in [2.75, 3.05) is 6.67 Å². The van der Waals surface area contributed by atoms with E-state index in [2.05, 4.69) is 42.5 Å². The third-order valence-corrected chi connectivity index (χ3v) is 5.72. The fourth-order valence-corrected chi connectivity index (χ4v) is 4.02. The van der Waals surface area contributed by atoms with Crippen LogP contribution in [-0.2, 0) is 0 Å². The number of halogens is 1. The molecule has 0 aromatic heterocycles. The molecule has 2 aromatic carbocycles. The standard InChI is InChI=1S/C25H28FN/c26-18-4-2-1-3-5-20-6-10-22(11-7-20)24-14-16-25(17-15-24)23-12-8-21(19-27)9-13-23/h1,3,8-9,12-17,20,22H,2,4-7,10-11,18H2. The summed E-state index contributed by atoms with van der Waals surface area (Å²) in [4.78, 5) is 0. The van der Waals surface area contributed by atoms with Gasteiger partial charge in [0.25, 0.3) is 0 Å². The molecule has 0 aliphatic heterocycles. The van der Waals surface area contributed by atoms with Crippen molar-refractivity contribution in [3.05, 3.63) is 71.8 Å². The number of hydrogen-bond donors (Lipinski definition) is 0. The highest BCUT2D eigenvalue weighted by Gasteiger charge is 2.21. The Hall–Kier alpha value is -2.40. The van der Waals surface area contributed by atoms with Crippen LogP contribution in [0.15, 0.2) is 60.7 Å². The first kappa shape index (κ1) is 19.4. The molecule has 140 valence electrons. The van der Waals surface area contributed by atoms with E-state index in [1.807, 2.05) is 24.3 Å². The lowest BCUT2D eigenvalue weighted by Crippen LogP contribution is -2.12. The van der Waals surface area contributed by atoms with Crippen LogP contribution in [0.1, 0.15) is 62.0 Å². The largest absolute Gasteiger partial charge is 0.251 e. The molecule has 0 saturated heterocycles. The van der Waals surface area contributed by atoms with Gasteiger partial charge in [-0.3, -0.25) is 4.39 Å². The molecule has 0 heterocycles. The van der Waals surface area contributed by atoms with E-state index in [1.54, 1.807) is 0 Å². The zero-order valence-corrected chi connectivity index (χ0v) is 15.9. The zero-order chi connectivity index (χ0) is 18.9. The summed E-state index contributed by atoms with van der Waals surface area (Å²) in [6.07, 6.45) is 12.2. The van der Waals surface area contributed by atoms with Crippen LogP contribution < -0.4 is 0 Å². The van der Waals surface area contributed by atoms with E-state index in [9.17, 15) is 4.39 Å². The second-order valence-corrected chi connectivity index (χ2v) is 7.57. The van der Waals surface area contributed by atoms with E-state index in [0.717, 1.165) is 24.3 Å². The van der Waals surface area contributed by atoms with Crippen molar-refractivity contribution in [2.45, 2.75) is 50.9 Å². The number of unbranched alkanes of at least 4 members (excludes halogenated alkanes) is 1. The maximum absolute atomic E-state index is 12.1. The molecule has 2 heteroatoms. The molecule has 1 fully saturated rings. The van der Waals surface area contributed by atoms with Crippen molar-refractivity contribution in [2.24, 2.45) is 5.92 Å². The minimum absolute atomic E-state index is 0.209. The van der Waals surface area contributed by atoms with Gasteiger partial charge in [-0.2, -0.15) is 5.26 Å². The minimum atomic E-state index is -0.209. The average molecular weight is 362 g/mol. The number of hydrogen-bond acceptors (Lipinski definition) is 1. The number of benzene rings is 2. The quantitative estimate of drug-likeness (QED) is 0.378. The minimum Gasteiger partial charge on any atom is -0.251 e. The molecule has 2 aromatic rings. The Morgan fingerprint density at radius 2 is 1.52 bits per heavy atom. The van der Waals surface area contributed by atoms with Crippen LogP contribution in [0.4, 0.5) is 4.39 Å². The topological polar surface area (TPSA) is 23.8 Å². The Morgan fingerprint density at radius 3 is 2.11 bits per heavy atom. The molecule has 0 radical (unpaired) electrons. The molecule has 1 saturated carbocycles. The van der Waals surface area contributed by atoms with Gasteiger partial charge >= 0.3 is 0 Å². The average Bonchev–Trinajstić information content (AvgIpc) is 2.74. The van der Waals surface area contributed by atoms with E-state index in [0.29, 0.717) is 17.9 Å². The predicted octanol–water partition coefficient (Wildman–Crippen LogP) is 7.20. The molecule has 1 aliphatic rings. The summed E-state index contributed by atoms with van der Waals surface area (Å²) in [5.74, 6) is 1.47. The third kappa shape index (κ3) is 5.54. The van der Waals surface area contributed by atoms with E-state index in [4.69, 9.17) is 5.26 Å². The maximum atomic E-state index is 12.1. The Bertz CT molecular complexity index is 759. The lowest BCUT2D eigenvalue weighted by Gasteiger charge is -2.28. The third-order valence-electron chi connectivity index (χ3n) is 5.72. The molecule has 0 amide bonds. The van der Waals surface area contributed by atoms with Crippen molar-refractivity contribution < 1.29 is 4.39 Å². The first-order valence-corrected chi connectivity index (χ1v) is 10.1. The van der Waals surface area contributed by atoms with Gasteiger partial charge in [-0.1, -0.05) is 48.6 Å². The van der Waals surface area contributed by atoms with Crippen LogP contribution in [0, 0.1) is 17.2 Å². The number of alkyl halides is 1. The van der Waals surface area contributed by atoms with Gasteiger partial charge in [0.15, 0.2) is 0 Å². The first-order chi connectivity index (χ1) is 13.3. The Labute approximate surface area is 162 Å². The normalized spacial score (nSPS) is 19.9. The molecular formula is C25H28FN. The number of nitriles is 1. The summed E-state index contributed by atoms with van der Waals surface area (Å²) < 4.78 is 12.1. The SMILES string of the molecule is N#Cc1ccc(-c2ccc(C3CCC(CC=CCCCF)CC3)cc2)cc1. The van der Waals surface area contributed by atoms with Crippen LogP contribution in [-0.4, -0.2) is 6.67 Å².